The number of anilines is 1. The van der Waals surface area contributed by atoms with Gasteiger partial charge in [-0.3, -0.25) is 14.9 Å². The van der Waals surface area contributed by atoms with E-state index in [1.807, 2.05) is 13.8 Å². The minimum atomic E-state index is -0.474. The molecule has 0 aliphatic carbocycles. The molecule has 0 radical (unpaired) electrons. The number of benzene rings is 2. The molecule has 0 aliphatic heterocycles. The van der Waals surface area contributed by atoms with Crippen molar-refractivity contribution in [3.8, 4) is 5.75 Å². The molecule has 0 fully saturated rings. The van der Waals surface area contributed by atoms with Crippen molar-refractivity contribution in [1.82, 2.24) is 0 Å². The highest BCUT2D eigenvalue weighted by molar-refractivity contribution is 6.01. The number of nitrogens with zero attached hydrogens (tertiary/aromatic N) is 1. The number of nitro benzene ring substituents is 1. The fourth-order valence-electron chi connectivity index (χ4n) is 1.99. The minimum Gasteiger partial charge on any atom is -0.491 e. The van der Waals surface area contributed by atoms with Crippen LogP contribution in [-0.2, 0) is 4.79 Å². The third-order valence-electron chi connectivity index (χ3n) is 3.00. The second-order valence-corrected chi connectivity index (χ2v) is 5.37. The number of non-ortho nitro benzene ring substituents is 1. The number of nitro groups is 1. The first kappa shape index (κ1) is 17.2. The lowest BCUT2D eigenvalue weighted by Gasteiger charge is -2.10. The summed E-state index contributed by atoms with van der Waals surface area (Å²) in [6.45, 7) is 3.88. The maximum Gasteiger partial charge on any atom is 0.270 e. The zero-order valence-corrected chi connectivity index (χ0v) is 13.4. The van der Waals surface area contributed by atoms with E-state index in [-0.39, 0.29) is 17.7 Å². The van der Waals surface area contributed by atoms with Crippen LogP contribution in [0.15, 0.2) is 54.6 Å². The summed E-state index contributed by atoms with van der Waals surface area (Å²) in [6.07, 6.45) is 2.94. The Morgan fingerprint density at radius 1 is 1.21 bits per heavy atom. The van der Waals surface area contributed by atoms with Crippen LogP contribution in [0.5, 0.6) is 5.75 Å². The van der Waals surface area contributed by atoms with Gasteiger partial charge in [0.2, 0.25) is 5.91 Å². The third kappa shape index (κ3) is 5.24. The number of nitrogens with one attached hydrogen (secondary N) is 1. The van der Waals surface area contributed by atoms with E-state index < -0.39 is 4.92 Å². The number of carbonyl (C=O) groups is 1. The highest BCUT2D eigenvalue weighted by atomic mass is 16.6. The third-order valence-corrected chi connectivity index (χ3v) is 3.00. The average molecular weight is 326 g/mol. The van der Waals surface area contributed by atoms with Crippen molar-refractivity contribution >= 4 is 23.4 Å². The lowest BCUT2D eigenvalue weighted by atomic mass is 10.2. The van der Waals surface area contributed by atoms with Crippen LogP contribution < -0.4 is 10.1 Å². The first-order valence-electron chi connectivity index (χ1n) is 7.44. The molecule has 2 aromatic rings. The Hall–Kier alpha value is -3.15. The summed E-state index contributed by atoms with van der Waals surface area (Å²) in [5.74, 6) is 0.411. The molecule has 0 unspecified atom stereocenters. The molecule has 6 nitrogen and oxygen atoms in total. The first-order valence-corrected chi connectivity index (χ1v) is 7.44. The summed E-state index contributed by atoms with van der Waals surface area (Å²) in [6, 6.07) is 13.1. The fraction of sp³-hybridized carbons (Fsp3) is 0.167. The van der Waals surface area contributed by atoms with Gasteiger partial charge in [-0.15, -0.1) is 0 Å². The molecule has 1 amide bonds. The standard InChI is InChI=1S/C18H18N2O4/c1-13(2)24-17-9-7-15(8-10-17)19-18(21)11-6-14-4-3-5-16(12-14)20(22)23/h3-13H,1-2H3,(H,19,21)/b11-6+. The van der Waals surface area contributed by atoms with Crippen molar-refractivity contribution in [2.75, 3.05) is 5.32 Å². The van der Waals surface area contributed by atoms with Crippen molar-refractivity contribution in [2.24, 2.45) is 0 Å². The summed E-state index contributed by atoms with van der Waals surface area (Å²) in [7, 11) is 0. The van der Waals surface area contributed by atoms with Gasteiger partial charge in [-0.05, 0) is 49.8 Å². The van der Waals surface area contributed by atoms with Crippen molar-refractivity contribution in [1.29, 1.82) is 0 Å². The van der Waals surface area contributed by atoms with E-state index in [2.05, 4.69) is 5.32 Å². The molecular formula is C18H18N2O4. The Morgan fingerprint density at radius 2 is 1.92 bits per heavy atom. The summed E-state index contributed by atoms with van der Waals surface area (Å²) in [4.78, 5) is 22.1. The molecule has 0 heterocycles. The van der Waals surface area contributed by atoms with E-state index >= 15 is 0 Å². The smallest absolute Gasteiger partial charge is 0.270 e. The molecule has 0 spiro atoms. The Morgan fingerprint density at radius 3 is 2.54 bits per heavy atom. The maximum absolute atomic E-state index is 11.9. The van der Waals surface area contributed by atoms with Crippen LogP contribution in [0, 0.1) is 10.1 Å². The van der Waals surface area contributed by atoms with Gasteiger partial charge in [-0.25, -0.2) is 0 Å². The minimum absolute atomic E-state index is 0.0155. The number of carbonyl (C=O) groups excluding carboxylic acids is 1. The Kier molecular flexibility index (Phi) is 5.68. The molecule has 0 saturated heterocycles. The van der Waals surface area contributed by atoms with Crippen LogP contribution in [0.1, 0.15) is 19.4 Å². The van der Waals surface area contributed by atoms with Crippen molar-refractivity contribution in [3.05, 3.63) is 70.3 Å². The molecule has 0 atom stereocenters. The average Bonchev–Trinajstić information content (AvgIpc) is 2.54. The fourth-order valence-corrected chi connectivity index (χ4v) is 1.99. The quantitative estimate of drug-likeness (QED) is 0.493. The predicted octanol–water partition coefficient (Wildman–Crippen LogP) is 4.03. The Bertz CT molecular complexity index is 752. The second kappa shape index (κ2) is 7.92. The van der Waals surface area contributed by atoms with E-state index in [1.54, 1.807) is 36.4 Å². The van der Waals surface area contributed by atoms with Crippen LogP contribution >= 0.6 is 0 Å². The van der Waals surface area contributed by atoms with Gasteiger partial charge in [-0.2, -0.15) is 0 Å². The van der Waals surface area contributed by atoms with Gasteiger partial charge in [0, 0.05) is 23.9 Å². The second-order valence-electron chi connectivity index (χ2n) is 5.37. The first-order chi connectivity index (χ1) is 11.4. The van der Waals surface area contributed by atoms with Crippen LogP contribution in [0.4, 0.5) is 11.4 Å². The monoisotopic (exact) mass is 326 g/mol. The molecule has 0 aliphatic rings. The number of hydrogen-bond donors (Lipinski definition) is 1. The highest BCUT2D eigenvalue weighted by Gasteiger charge is 2.04. The van der Waals surface area contributed by atoms with Crippen LogP contribution in [-0.4, -0.2) is 16.9 Å². The van der Waals surface area contributed by atoms with Gasteiger partial charge in [0.15, 0.2) is 0 Å². The molecule has 124 valence electrons. The lowest BCUT2D eigenvalue weighted by molar-refractivity contribution is -0.384. The SMILES string of the molecule is CC(C)Oc1ccc(NC(=O)/C=C/c2cccc([N+](=O)[O-])c2)cc1. The number of ether oxygens (including phenoxy) is 1. The molecular weight excluding hydrogens is 308 g/mol. The van der Waals surface area contributed by atoms with Gasteiger partial charge < -0.3 is 10.1 Å². The topological polar surface area (TPSA) is 81.5 Å². The molecule has 1 N–H and O–H groups in total. The predicted molar refractivity (Wildman–Crippen MR) is 93.0 cm³/mol. The van der Waals surface area contributed by atoms with Gasteiger partial charge in [0.1, 0.15) is 5.75 Å². The van der Waals surface area contributed by atoms with Crippen molar-refractivity contribution < 1.29 is 14.5 Å². The van der Waals surface area contributed by atoms with E-state index in [4.69, 9.17) is 4.74 Å². The summed E-state index contributed by atoms with van der Waals surface area (Å²) in [5, 5.41) is 13.4. The van der Waals surface area contributed by atoms with Gasteiger partial charge in [-0.1, -0.05) is 12.1 Å². The largest absolute Gasteiger partial charge is 0.491 e. The summed E-state index contributed by atoms with van der Waals surface area (Å²) < 4.78 is 5.53. The molecule has 6 heteroatoms. The Balaban J connectivity index is 1.97. The maximum atomic E-state index is 11.9. The zero-order valence-electron chi connectivity index (χ0n) is 13.4. The summed E-state index contributed by atoms with van der Waals surface area (Å²) >= 11 is 0. The zero-order chi connectivity index (χ0) is 17.5. The summed E-state index contributed by atoms with van der Waals surface area (Å²) in [5.41, 5.74) is 1.21. The number of rotatable bonds is 6. The molecule has 2 rings (SSSR count). The van der Waals surface area contributed by atoms with Gasteiger partial charge in [0.25, 0.3) is 5.69 Å². The van der Waals surface area contributed by atoms with E-state index in [1.165, 1.54) is 24.3 Å². The van der Waals surface area contributed by atoms with E-state index in [0.29, 0.717) is 11.3 Å². The molecule has 0 saturated carbocycles. The van der Waals surface area contributed by atoms with Crippen LogP contribution in [0.2, 0.25) is 0 Å². The lowest BCUT2D eigenvalue weighted by Crippen LogP contribution is -2.08. The number of hydrogen-bond acceptors (Lipinski definition) is 4. The molecule has 0 bridgehead atoms. The normalized spacial score (nSPS) is 10.8. The van der Waals surface area contributed by atoms with Gasteiger partial charge in [0.05, 0.1) is 11.0 Å². The van der Waals surface area contributed by atoms with Crippen LogP contribution in [0.3, 0.4) is 0 Å². The highest BCUT2D eigenvalue weighted by Crippen LogP contribution is 2.17. The number of amides is 1. The van der Waals surface area contributed by atoms with Crippen molar-refractivity contribution in [3.63, 3.8) is 0 Å². The van der Waals surface area contributed by atoms with E-state index in [0.717, 1.165) is 5.75 Å². The molecule has 2 aromatic carbocycles. The van der Waals surface area contributed by atoms with Crippen LogP contribution in [0.25, 0.3) is 6.08 Å². The molecule has 24 heavy (non-hydrogen) atoms. The molecule has 0 aromatic heterocycles. The van der Waals surface area contributed by atoms with E-state index in [9.17, 15) is 14.9 Å². The Labute approximate surface area is 139 Å². The van der Waals surface area contributed by atoms with Crippen molar-refractivity contribution in [2.45, 2.75) is 20.0 Å². The van der Waals surface area contributed by atoms with Gasteiger partial charge >= 0.3 is 0 Å².